The molecule has 1 aromatic carbocycles. The van der Waals surface area contributed by atoms with Gasteiger partial charge in [0.1, 0.15) is 23.6 Å². The van der Waals surface area contributed by atoms with Gasteiger partial charge in [0, 0.05) is 11.4 Å². The molecule has 0 fully saturated rings. The van der Waals surface area contributed by atoms with E-state index >= 15 is 0 Å². The van der Waals surface area contributed by atoms with Crippen LogP contribution in [0.1, 0.15) is 16.3 Å². The lowest BCUT2D eigenvalue weighted by Crippen LogP contribution is -2.34. The number of methoxy groups -OCH3 is 1. The Hall–Kier alpha value is -3.13. The monoisotopic (exact) mass is 396 g/mol. The van der Waals surface area contributed by atoms with E-state index in [4.69, 9.17) is 4.74 Å². The second-order valence-electron chi connectivity index (χ2n) is 6.61. The summed E-state index contributed by atoms with van der Waals surface area (Å²) in [5.41, 5.74) is 2.20. The molecule has 0 saturated carbocycles. The first-order valence-electron chi connectivity index (χ1n) is 8.85. The molecule has 28 heavy (non-hydrogen) atoms. The molecule has 144 valence electrons. The van der Waals surface area contributed by atoms with E-state index in [1.54, 1.807) is 18.4 Å². The van der Waals surface area contributed by atoms with Gasteiger partial charge < -0.3 is 10.1 Å². The second kappa shape index (κ2) is 7.12. The molecule has 0 spiro atoms. The lowest BCUT2D eigenvalue weighted by molar-refractivity contribution is -0.122. The quantitative estimate of drug-likeness (QED) is 0.563. The molecule has 0 atom stereocenters. The van der Waals surface area contributed by atoms with Gasteiger partial charge in [-0.1, -0.05) is 12.1 Å². The lowest BCUT2D eigenvalue weighted by Gasteiger charge is -2.09. The number of hydrogen-bond donors (Lipinski definition) is 1. The third-order valence-electron chi connectivity index (χ3n) is 4.60. The van der Waals surface area contributed by atoms with Crippen molar-refractivity contribution in [2.24, 2.45) is 0 Å². The Bertz CT molecular complexity index is 1230. The molecule has 7 nitrogen and oxygen atoms in total. The first-order chi connectivity index (χ1) is 13.5. The van der Waals surface area contributed by atoms with Crippen molar-refractivity contribution in [3.63, 3.8) is 0 Å². The number of carbonyl (C=O) groups excluding carboxylic acids is 1. The molecular formula is C20H20N4O3S. The van der Waals surface area contributed by atoms with Crippen LogP contribution in [0.3, 0.4) is 0 Å². The summed E-state index contributed by atoms with van der Waals surface area (Å²) in [7, 11) is 1.61. The molecule has 0 radical (unpaired) electrons. The van der Waals surface area contributed by atoms with Gasteiger partial charge in [0.2, 0.25) is 5.91 Å². The maximum absolute atomic E-state index is 12.8. The number of aryl methyl sites for hydroxylation is 2. The standard InChI is InChI=1S/C20H20N4O3S/c1-12-8-16-18(28-12)9-17-20(26)23(22-13(2)24(16)17)11-19(25)21-10-14-4-6-15(27-3)7-5-14/h4-9H,10-11H2,1-3H3,(H,21,25). The van der Waals surface area contributed by atoms with Crippen LogP contribution in [0.2, 0.25) is 0 Å². The number of carbonyl (C=O) groups is 1. The third kappa shape index (κ3) is 3.27. The van der Waals surface area contributed by atoms with Gasteiger partial charge in [0.25, 0.3) is 5.56 Å². The first-order valence-corrected chi connectivity index (χ1v) is 9.67. The molecule has 0 aliphatic heterocycles. The molecule has 0 aliphatic rings. The van der Waals surface area contributed by atoms with Crippen LogP contribution < -0.4 is 15.6 Å². The molecule has 3 aromatic heterocycles. The second-order valence-corrected chi connectivity index (χ2v) is 7.89. The van der Waals surface area contributed by atoms with Crippen molar-refractivity contribution in [2.45, 2.75) is 26.9 Å². The van der Waals surface area contributed by atoms with Crippen LogP contribution in [-0.2, 0) is 17.9 Å². The Balaban J connectivity index is 1.54. The number of nitrogens with zero attached hydrogens (tertiary/aromatic N) is 3. The average molecular weight is 396 g/mol. The minimum absolute atomic E-state index is 0.121. The van der Waals surface area contributed by atoms with E-state index < -0.39 is 0 Å². The first kappa shape index (κ1) is 18.2. The fraction of sp³-hybridized carbons (Fsp3) is 0.250. The van der Waals surface area contributed by atoms with E-state index in [2.05, 4.69) is 10.4 Å². The predicted octanol–water partition coefficient (Wildman–Crippen LogP) is 2.65. The van der Waals surface area contributed by atoms with E-state index in [1.165, 1.54) is 9.56 Å². The zero-order chi connectivity index (χ0) is 19.8. The van der Waals surface area contributed by atoms with Gasteiger partial charge in [-0.3, -0.25) is 14.0 Å². The Morgan fingerprint density at radius 1 is 1.18 bits per heavy atom. The average Bonchev–Trinajstić information content (AvgIpc) is 3.20. The molecular weight excluding hydrogens is 376 g/mol. The Morgan fingerprint density at radius 2 is 1.93 bits per heavy atom. The summed E-state index contributed by atoms with van der Waals surface area (Å²) in [6.45, 7) is 4.13. The molecule has 1 N–H and O–H groups in total. The largest absolute Gasteiger partial charge is 0.497 e. The van der Waals surface area contributed by atoms with Crippen LogP contribution in [0, 0.1) is 13.8 Å². The van der Waals surface area contributed by atoms with Gasteiger partial charge in [-0.25, -0.2) is 4.68 Å². The van der Waals surface area contributed by atoms with Gasteiger partial charge in [-0.05, 0) is 43.7 Å². The van der Waals surface area contributed by atoms with Crippen LogP contribution in [0.5, 0.6) is 5.75 Å². The van der Waals surface area contributed by atoms with Gasteiger partial charge in [0.05, 0.1) is 17.3 Å². The topological polar surface area (TPSA) is 77.6 Å². The molecule has 1 amide bonds. The highest BCUT2D eigenvalue weighted by atomic mass is 32.1. The minimum atomic E-state index is -0.272. The van der Waals surface area contributed by atoms with Crippen molar-refractivity contribution in [3.05, 3.63) is 63.0 Å². The number of amides is 1. The van der Waals surface area contributed by atoms with E-state index in [-0.39, 0.29) is 18.0 Å². The summed E-state index contributed by atoms with van der Waals surface area (Å²) >= 11 is 1.64. The van der Waals surface area contributed by atoms with Crippen LogP contribution in [0.15, 0.2) is 41.2 Å². The van der Waals surface area contributed by atoms with E-state index in [1.807, 2.05) is 54.6 Å². The summed E-state index contributed by atoms with van der Waals surface area (Å²) in [6.07, 6.45) is 0. The molecule has 4 aromatic rings. The van der Waals surface area contributed by atoms with Crippen molar-refractivity contribution < 1.29 is 9.53 Å². The molecule has 0 unspecified atom stereocenters. The minimum Gasteiger partial charge on any atom is -0.497 e. The summed E-state index contributed by atoms with van der Waals surface area (Å²) in [4.78, 5) is 26.3. The highest BCUT2D eigenvalue weighted by Gasteiger charge is 2.15. The van der Waals surface area contributed by atoms with Gasteiger partial charge in [-0.2, -0.15) is 5.10 Å². The molecule has 8 heteroatoms. The van der Waals surface area contributed by atoms with Crippen LogP contribution in [0.4, 0.5) is 0 Å². The van der Waals surface area contributed by atoms with Crippen LogP contribution in [0.25, 0.3) is 15.7 Å². The van der Waals surface area contributed by atoms with Crippen molar-refractivity contribution >= 4 is 33.0 Å². The molecule has 4 rings (SSSR count). The Labute approximate surface area is 165 Å². The van der Waals surface area contributed by atoms with Gasteiger partial charge in [0.15, 0.2) is 0 Å². The number of hydrogen-bond acceptors (Lipinski definition) is 5. The maximum atomic E-state index is 12.8. The van der Waals surface area contributed by atoms with E-state index in [0.29, 0.717) is 17.9 Å². The molecule has 0 aliphatic carbocycles. The van der Waals surface area contributed by atoms with Crippen molar-refractivity contribution in [1.82, 2.24) is 19.5 Å². The Kier molecular flexibility index (Phi) is 4.64. The number of ether oxygens (including phenoxy) is 1. The lowest BCUT2D eigenvalue weighted by atomic mass is 10.2. The summed E-state index contributed by atoms with van der Waals surface area (Å²) in [5.74, 6) is 1.17. The molecule has 3 heterocycles. The normalized spacial score (nSPS) is 11.2. The number of nitrogens with one attached hydrogen (secondary N) is 1. The predicted molar refractivity (Wildman–Crippen MR) is 109 cm³/mol. The van der Waals surface area contributed by atoms with E-state index in [9.17, 15) is 9.59 Å². The number of benzene rings is 1. The van der Waals surface area contributed by atoms with Crippen LogP contribution in [-0.4, -0.2) is 27.2 Å². The van der Waals surface area contributed by atoms with Gasteiger partial charge >= 0.3 is 0 Å². The maximum Gasteiger partial charge on any atom is 0.291 e. The number of rotatable bonds is 5. The fourth-order valence-corrected chi connectivity index (χ4v) is 4.20. The SMILES string of the molecule is COc1ccc(CNC(=O)Cn2nc(C)n3c(cc4sc(C)cc43)c2=O)cc1. The van der Waals surface area contributed by atoms with Crippen molar-refractivity contribution in [1.29, 1.82) is 0 Å². The number of thiophene rings is 1. The fourth-order valence-electron chi connectivity index (χ4n) is 3.26. The highest BCUT2D eigenvalue weighted by Crippen LogP contribution is 2.27. The van der Waals surface area contributed by atoms with Gasteiger partial charge in [-0.15, -0.1) is 11.3 Å². The number of fused-ring (bicyclic) bond motifs is 3. The Morgan fingerprint density at radius 3 is 2.64 bits per heavy atom. The summed E-state index contributed by atoms with van der Waals surface area (Å²) in [6, 6.07) is 11.4. The van der Waals surface area contributed by atoms with Crippen molar-refractivity contribution in [2.75, 3.05) is 7.11 Å². The zero-order valence-electron chi connectivity index (χ0n) is 15.9. The zero-order valence-corrected chi connectivity index (χ0v) is 16.7. The highest BCUT2D eigenvalue weighted by molar-refractivity contribution is 7.19. The van der Waals surface area contributed by atoms with Crippen LogP contribution >= 0.6 is 11.3 Å². The van der Waals surface area contributed by atoms with E-state index in [0.717, 1.165) is 21.5 Å². The summed E-state index contributed by atoms with van der Waals surface area (Å²) in [5, 5.41) is 7.17. The summed E-state index contributed by atoms with van der Waals surface area (Å²) < 4.78 is 9.24. The smallest absolute Gasteiger partial charge is 0.291 e. The molecule has 0 bridgehead atoms. The molecule has 0 saturated heterocycles. The number of aromatic nitrogens is 3. The van der Waals surface area contributed by atoms with Crippen molar-refractivity contribution in [3.8, 4) is 5.75 Å². The third-order valence-corrected chi connectivity index (χ3v) is 5.58.